The first-order valence-corrected chi connectivity index (χ1v) is 7.07. The number of ether oxygens (including phenoxy) is 2. The van der Waals surface area contributed by atoms with Gasteiger partial charge in [0.1, 0.15) is 0 Å². The van der Waals surface area contributed by atoms with Gasteiger partial charge in [0.05, 0.1) is 14.2 Å². The molecule has 1 atom stereocenters. The molecule has 7 heteroatoms. The summed E-state index contributed by atoms with van der Waals surface area (Å²) in [5.74, 6) is 0.922. The van der Waals surface area contributed by atoms with Crippen molar-refractivity contribution in [2.45, 2.75) is 12.3 Å². The highest BCUT2D eigenvalue weighted by molar-refractivity contribution is 7.54. The Bertz CT molecular complexity index is 477. The summed E-state index contributed by atoms with van der Waals surface area (Å²) in [6.07, 6.45) is 0. The zero-order valence-corrected chi connectivity index (χ0v) is 12.6. The van der Waals surface area contributed by atoms with Crippen LogP contribution in [-0.2, 0) is 19.0 Å². The number of hydrogen-bond acceptors (Lipinski definition) is 6. The van der Waals surface area contributed by atoms with Gasteiger partial charge >= 0.3 is 7.60 Å². The van der Waals surface area contributed by atoms with Crippen LogP contribution in [0.5, 0.6) is 11.5 Å². The van der Waals surface area contributed by atoms with Crippen LogP contribution in [0.3, 0.4) is 0 Å². The van der Waals surface area contributed by atoms with E-state index in [9.17, 15) is 9.67 Å². The SMILES string of the molecule is COc1ccc([C@](C)(O)P(=O)(OC)OC)cc1OC. The van der Waals surface area contributed by atoms with Crippen molar-refractivity contribution in [2.75, 3.05) is 28.4 Å². The maximum atomic E-state index is 12.4. The van der Waals surface area contributed by atoms with Crippen LogP contribution in [0, 0.1) is 0 Å². The Labute approximate surface area is 112 Å². The summed E-state index contributed by atoms with van der Waals surface area (Å²) in [5, 5.41) is 8.68. The van der Waals surface area contributed by atoms with Gasteiger partial charge in [-0.3, -0.25) is 4.57 Å². The number of methoxy groups -OCH3 is 2. The molecule has 0 fully saturated rings. The molecule has 6 nitrogen and oxygen atoms in total. The predicted octanol–water partition coefficient (Wildman–Crippen LogP) is 2.35. The number of aliphatic hydroxyl groups is 1. The van der Waals surface area contributed by atoms with Gasteiger partial charge in [0, 0.05) is 14.2 Å². The van der Waals surface area contributed by atoms with E-state index in [1.807, 2.05) is 0 Å². The lowest BCUT2D eigenvalue weighted by Crippen LogP contribution is -2.23. The fourth-order valence-corrected chi connectivity index (χ4v) is 3.03. The first-order chi connectivity index (χ1) is 8.86. The third kappa shape index (κ3) is 2.77. The molecule has 0 radical (unpaired) electrons. The van der Waals surface area contributed by atoms with Gasteiger partial charge in [0.2, 0.25) is 0 Å². The first-order valence-electron chi connectivity index (χ1n) is 5.52. The third-order valence-corrected chi connectivity index (χ3v) is 5.23. The number of rotatable bonds is 6. The van der Waals surface area contributed by atoms with Crippen molar-refractivity contribution in [2.24, 2.45) is 0 Å². The zero-order valence-electron chi connectivity index (χ0n) is 11.7. The topological polar surface area (TPSA) is 74.2 Å². The minimum Gasteiger partial charge on any atom is -0.493 e. The maximum Gasteiger partial charge on any atom is 0.365 e. The van der Waals surface area contributed by atoms with Crippen LogP contribution in [0.2, 0.25) is 0 Å². The highest BCUT2D eigenvalue weighted by atomic mass is 31.2. The summed E-state index contributed by atoms with van der Waals surface area (Å²) in [4.78, 5) is 0. The molecule has 1 aromatic rings. The lowest BCUT2D eigenvalue weighted by atomic mass is 10.1. The Balaban J connectivity index is 3.33. The van der Waals surface area contributed by atoms with Crippen molar-refractivity contribution in [1.29, 1.82) is 0 Å². The Morgan fingerprint density at radius 2 is 1.58 bits per heavy atom. The first kappa shape index (κ1) is 16.0. The Morgan fingerprint density at radius 1 is 1.05 bits per heavy atom. The molecule has 0 aromatic heterocycles. The molecule has 1 rings (SSSR count). The second kappa shape index (κ2) is 5.92. The van der Waals surface area contributed by atoms with E-state index in [1.165, 1.54) is 41.4 Å². The molecule has 0 spiro atoms. The summed E-state index contributed by atoms with van der Waals surface area (Å²) >= 11 is 0. The van der Waals surface area contributed by atoms with E-state index >= 15 is 0 Å². The van der Waals surface area contributed by atoms with Crippen LogP contribution < -0.4 is 9.47 Å². The summed E-state index contributed by atoms with van der Waals surface area (Å²) in [6.45, 7) is 1.36. The monoisotopic (exact) mass is 290 g/mol. The fraction of sp³-hybridized carbons (Fsp3) is 0.500. The average Bonchev–Trinajstić information content (AvgIpc) is 2.45. The van der Waals surface area contributed by atoms with Crippen molar-refractivity contribution in [3.05, 3.63) is 23.8 Å². The van der Waals surface area contributed by atoms with E-state index in [2.05, 4.69) is 0 Å². The molecule has 1 aromatic carbocycles. The summed E-state index contributed by atoms with van der Waals surface area (Å²) in [7, 11) is 1.72. The van der Waals surface area contributed by atoms with Gasteiger partial charge in [-0.2, -0.15) is 0 Å². The van der Waals surface area contributed by atoms with E-state index in [-0.39, 0.29) is 0 Å². The normalized spacial score (nSPS) is 14.8. The van der Waals surface area contributed by atoms with E-state index in [0.717, 1.165) is 0 Å². The Kier molecular flexibility index (Phi) is 4.98. The summed E-state index contributed by atoms with van der Waals surface area (Å²) < 4.78 is 32.3. The molecular weight excluding hydrogens is 271 g/mol. The number of benzene rings is 1. The van der Waals surface area contributed by atoms with Crippen molar-refractivity contribution in [3.63, 3.8) is 0 Å². The molecule has 0 aliphatic heterocycles. The maximum absolute atomic E-state index is 12.4. The van der Waals surface area contributed by atoms with Crippen molar-refractivity contribution >= 4 is 7.60 Å². The highest BCUT2D eigenvalue weighted by Crippen LogP contribution is 2.62. The van der Waals surface area contributed by atoms with E-state index in [4.69, 9.17) is 18.5 Å². The van der Waals surface area contributed by atoms with Gasteiger partial charge in [0.25, 0.3) is 0 Å². The van der Waals surface area contributed by atoms with Crippen LogP contribution in [0.1, 0.15) is 12.5 Å². The van der Waals surface area contributed by atoms with Crippen LogP contribution in [-0.4, -0.2) is 33.5 Å². The zero-order chi connectivity index (χ0) is 14.7. The summed E-state index contributed by atoms with van der Waals surface area (Å²) in [6, 6.07) is 4.72. The lowest BCUT2D eigenvalue weighted by molar-refractivity contribution is 0.0929. The minimum atomic E-state index is -3.70. The quantitative estimate of drug-likeness (QED) is 0.811. The second-order valence-corrected chi connectivity index (χ2v) is 6.55. The van der Waals surface area contributed by atoms with Gasteiger partial charge in [-0.05, 0) is 24.6 Å². The van der Waals surface area contributed by atoms with Crippen LogP contribution >= 0.6 is 7.60 Å². The lowest BCUT2D eigenvalue weighted by Gasteiger charge is -2.30. The molecule has 0 amide bonds. The van der Waals surface area contributed by atoms with E-state index < -0.39 is 12.9 Å². The second-order valence-electron chi connectivity index (χ2n) is 3.95. The Hall–Kier alpha value is -1.07. The molecule has 0 saturated carbocycles. The third-order valence-electron chi connectivity index (χ3n) is 2.94. The molecule has 0 aliphatic rings. The molecule has 0 bridgehead atoms. The molecule has 19 heavy (non-hydrogen) atoms. The van der Waals surface area contributed by atoms with Gasteiger partial charge in [-0.1, -0.05) is 6.07 Å². The van der Waals surface area contributed by atoms with Gasteiger partial charge in [-0.15, -0.1) is 0 Å². The van der Waals surface area contributed by atoms with Gasteiger partial charge in [-0.25, -0.2) is 0 Å². The van der Waals surface area contributed by atoms with Crippen molar-refractivity contribution in [1.82, 2.24) is 0 Å². The molecule has 0 heterocycles. The average molecular weight is 290 g/mol. The van der Waals surface area contributed by atoms with Crippen LogP contribution in [0.15, 0.2) is 18.2 Å². The predicted molar refractivity (Wildman–Crippen MR) is 70.7 cm³/mol. The fourth-order valence-electron chi connectivity index (χ4n) is 1.72. The smallest absolute Gasteiger partial charge is 0.365 e. The molecule has 0 unspecified atom stereocenters. The number of hydrogen-bond donors (Lipinski definition) is 1. The van der Waals surface area contributed by atoms with Crippen molar-refractivity contribution in [3.8, 4) is 11.5 Å². The van der Waals surface area contributed by atoms with Crippen molar-refractivity contribution < 1.29 is 28.2 Å². The van der Waals surface area contributed by atoms with Gasteiger partial charge in [0.15, 0.2) is 16.8 Å². The van der Waals surface area contributed by atoms with E-state index in [1.54, 1.807) is 12.1 Å². The molecular formula is C12H19O6P. The molecule has 108 valence electrons. The Morgan fingerprint density at radius 3 is 2.00 bits per heavy atom. The van der Waals surface area contributed by atoms with Crippen LogP contribution in [0.25, 0.3) is 0 Å². The van der Waals surface area contributed by atoms with E-state index in [0.29, 0.717) is 17.1 Å². The summed E-state index contributed by atoms with van der Waals surface area (Å²) in [5.41, 5.74) is 0.345. The minimum absolute atomic E-state index is 0.345. The molecule has 0 aliphatic carbocycles. The molecule has 0 saturated heterocycles. The van der Waals surface area contributed by atoms with Crippen LogP contribution in [0.4, 0.5) is 0 Å². The highest BCUT2D eigenvalue weighted by Gasteiger charge is 2.46. The molecule has 1 N–H and O–H groups in total. The standard InChI is InChI=1S/C12H19O6P/c1-12(13,19(14,17-4)18-5)9-6-7-10(15-2)11(8-9)16-3/h6-8,13H,1-5H3/t12-/m1/s1. The largest absolute Gasteiger partial charge is 0.493 e. The van der Waals surface area contributed by atoms with Gasteiger partial charge < -0.3 is 23.6 Å².